The lowest BCUT2D eigenvalue weighted by atomic mass is 10.1. The lowest BCUT2D eigenvalue weighted by Gasteiger charge is -2.01. The smallest absolute Gasteiger partial charge is 0.338 e. The molecule has 0 saturated carbocycles. The van der Waals surface area contributed by atoms with Crippen LogP contribution in [0.1, 0.15) is 28.5 Å². The standard InChI is InChI=1S/C23H18N6O4/c1-3-33-23(32)13-8-10-14(11-9-13)26-27-19-12(2)29-20(25-19)18(22(31)28-29)17-15-6-4-5-7-16(15)24-21(17)30/h4-11H,3H2,1-2H3,(H,24,30)(H,28,31)/b18-17+,27-26?. The van der Waals surface area contributed by atoms with Gasteiger partial charge < -0.3 is 10.1 Å². The number of nitrogens with one attached hydrogen (secondary N) is 2. The number of imidazole rings is 1. The Bertz CT molecular complexity index is 1560. The molecule has 0 spiro atoms. The van der Waals surface area contributed by atoms with Gasteiger partial charge in [0.1, 0.15) is 0 Å². The van der Waals surface area contributed by atoms with Crippen molar-refractivity contribution >= 4 is 40.3 Å². The number of rotatable bonds is 4. The van der Waals surface area contributed by atoms with Crippen molar-refractivity contribution in [2.24, 2.45) is 10.2 Å². The minimum atomic E-state index is -0.416. The van der Waals surface area contributed by atoms with Crippen LogP contribution in [0.3, 0.4) is 0 Å². The second kappa shape index (κ2) is 7.83. The number of amides is 1. The number of aromatic nitrogens is 3. The lowest BCUT2D eigenvalue weighted by Crippen LogP contribution is -2.27. The predicted octanol–water partition coefficient (Wildman–Crippen LogP) is 2.79. The first-order chi connectivity index (χ1) is 16.0. The monoisotopic (exact) mass is 442 g/mol. The van der Waals surface area contributed by atoms with Crippen LogP contribution in [-0.4, -0.2) is 33.1 Å². The second-order valence-electron chi connectivity index (χ2n) is 7.34. The Hall–Kier alpha value is -4.60. The number of hydrogen-bond acceptors (Lipinski definition) is 7. The first-order valence-electron chi connectivity index (χ1n) is 10.2. The summed E-state index contributed by atoms with van der Waals surface area (Å²) < 4.78 is 6.46. The molecule has 0 aliphatic carbocycles. The summed E-state index contributed by atoms with van der Waals surface area (Å²) in [5, 5.41) is 14.1. The second-order valence-corrected chi connectivity index (χ2v) is 7.34. The molecule has 0 bridgehead atoms. The summed E-state index contributed by atoms with van der Waals surface area (Å²) in [6.45, 7) is 3.78. The molecule has 0 fully saturated rings. The molecule has 0 saturated heterocycles. The number of anilines is 1. The number of hydrogen-bond donors (Lipinski definition) is 2. The number of H-pyrrole nitrogens is 1. The van der Waals surface area contributed by atoms with E-state index in [1.807, 2.05) is 6.07 Å². The van der Waals surface area contributed by atoms with Gasteiger partial charge in [-0.3, -0.25) is 14.7 Å². The summed E-state index contributed by atoms with van der Waals surface area (Å²) in [6, 6.07) is 13.7. The number of aryl methyl sites for hydroxylation is 1. The molecule has 1 aliphatic rings. The largest absolute Gasteiger partial charge is 0.462 e. The summed E-state index contributed by atoms with van der Waals surface area (Å²) in [4.78, 5) is 41.6. The van der Waals surface area contributed by atoms with Crippen molar-refractivity contribution < 1.29 is 14.3 Å². The van der Waals surface area contributed by atoms with E-state index in [0.29, 0.717) is 46.3 Å². The Morgan fingerprint density at radius 3 is 2.61 bits per heavy atom. The molecule has 3 heterocycles. The summed E-state index contributed by atoms with van der Waals surface area (Å²) in [5.74, 6) is -0.472. The fraction of sp³-hybridized carbons (Fsp3) is 0.130. The zero-order chi connectivity index (χ0) is 23.1. The highest BCUT2D eigenvalue weighted by Crippen LogP contribution is 2.29. The number of aromatic amines is 1. The van der Waals surface area contributed by atoms with Crippen LogP contribution in [0.25, 0.3) is 11.2 Å². The molecule has 33 heavy (non-hydrogen) atoms. The third-order valence-corrected chi connectivity index (χ3v) is 5.31. The summed E-state index contributed by atoms with van der Waals surface area (Å²) in [7, 11) is 0. The average Bonchev–Trinajstić information content (AvgIpc) is 3.41. The average molecular weight is 442 g/mol. The van der Waals surface area contributed by atoms with Crippen molar-refractivity contribution in [3.63, 3.8) is 0 Å². The number of carbonyl (C=O) groups is 2. The van der Waals surface area contributed by atoms with Crippen LogP contribution in [0.2, 0.25) is 0 Å². The first kappa shape index (κ1) is 20.3. The molecule has 0 unspecified atom stereocenters. The zero-order valence-corrected chi connectivity index (χ0v) is 17.7. The molecule has 5 rings (SSSR count). The number of carbonyl (C=O) groups excluding carboxylic acids is 2. The number of ether oxygens (including phenoxy) is 1. The van der Waals surface area contributed by atoms with E-state index in [2.05, 4.69) is 25.6 Å². The molecule has 164 valence electrons. The molecular formula is C23H18N6O4. The third kappa shape index (κ3) is 3.37. The number of fused-ring (bicyclic) bond motifs is 2. The van der Waals surface area contributed by atoms with E-state index < -0.39 is 11.5 Å². The summed E-state index contributed by atoms with van der Waals surface area (Å²) in [5.41, 5.74) is 2.94. The number of esters is 1. The SMILES string of the molecule is CCOC(=O)c1ccc(N=Nc2nc3/c(=C4\C(=O)Nc5ccccc54)c(=O)[nH]n3c2C)cc1. The van der Waals surface area contributed by atoms with Crippen LogP contribution in [0.5, 0.6) is 0 Å². The minimum Gasteiger partial charge on any atom is -0.462 e. The molecule has 4 aromatic rings. The molecule has 1 amide bonds. The molecule has 10 nitrogen and oxygen atoms in total. The Labute approximate surface area is 186 Å². The van der Waals surface area contributed by atoms with Gasteiger partial charge >= 0.3 is 5.97 Å². The minimum absolute atomic E-state index is 0.181. The van der Waals surface area contributed by atoms with Gasteiger partial charge in [-0.1, -0.05) is 18.2 Å². The quantitative estimate of drug-likeness (QED) is 0.371. The Morgan fingerprint density at radius 1 is 1.09 bits per heavy atom. The molecule has 2 aromatic carbocycles. The predicted molar refractivity (Wildman–Crippen MR) is 120 cm³/mol. The molecule has 0 atom stereocenters. The van der Waals surface area contributed by atoms with Crippen LogP contribution in [0.15, 0.2) is 63.6 Å². The van der Waals surface area contributed by atoms with Crippen molar-refractivity contribution in [2.75, 3.05) is 11.9 Å². The normalized spacial score (nSPS) is 14.7. The van der Waals surface area contributed by atoms with Crippen molar-refractivity contribution in [1.29, 1.82) is 0 Å². The molecule has 1 aliphatic heterocycles. The van der Waals surface area contributed by atoms with Crippen molar-refractivity contribution in [1.82, 2.24) is 14.6 Å². The van der Waals surface area contributed by atoms with Gasteiger partial charge in [-0.15, -0.1) is 10.2 Å². The van der Waals surface area contributed by atoms with Gasteiger partial charge in [-0.25, -0.2) is 14.3 Å². The van der Waals surface area contributed by atoms with Gasteiger partial charge in [0.05, 0.1) is 34.3 Å². The van der Waals surface area contributed by atoms with E-state index in [4.69, 9.17) is 4.74 Å². The van der Waals surface area contributed by atoms with Crippen molar-refractivity contribution in [3.05, 3.63) is 80.9 Å². The van der Waals surface area contributed by atoms with Gasteiger partial charge in [0.25, 0.3) is 11.5 Å². The van der Waals surface area contributed by atoms with Crippen molar-refractivity contribution in [2.45, 2.75) is 13.8 Å². The highest BCUT2D eigenvalue weighted by atomic mass is 16.5. The van der Waals surface area contributed by atoms with Crippen LogP contribution in [0, 0.1) is 6.92 Å². The highest BCUT2D eigenvalue weighted by molar-refractivity contribution is 6.31. The topological polar surface area (TPSA) is 130 Å². The number of nitrogens with zero attached hydrogens (tertiary/aromatic N) is 4. The Morgan fingerprint density at radius 2 is 1.85 bits per heavy atom. The molecule has 0 radical (unpaired) electrons. The maximum absolute atomic E-state index is 12.7. The van der Waals surface area contributed by atoms with Gasteiger partial charge in [-0.05, 0) is 44.2 Å². The fourth-order valence-electron chi connectivity index (χ4n) is 3.72. The molecule has 2 aromatic heterocycles. The van der Waals surface area contributed by atoms with E-state index >= 15 is 0 Å². The van der Waals surface area contributed by atoms with Gasteiger partial charge in [0.15, 0.2) is 11.5 Å². The van der Waals surface area contributed by atoms with E-state index in [9.17, 15) is 14.4 Å². The van der Waals surface area contributed by atoms with E-state index in [0.717, 1.165) is 0 Å². The van der Waals surface area contributed by atoms with Crippen LogP contribution < -0.4 is 16.1 Å². The lowest BCUT2D eigenvalue weighted by molar-refractivity contribution is -0.110. The third-order valence-electron chi connectivity index (χ3n) is 5.31. The number of benzene rings is 2. The maximum atomic E-state index is 12.7. The van der Waals surface area contributed by atoms with Crippen molar-refractivity contribution in [3.8, 4) is 0 Å². The van der Waals surface area contributed by atoms with Gasteiger partial charge in [-0.2, -0.15) is 0 Å². The van der Waals surface area contributed by atoms with E-state index in [1.54, 1.807) is 56.3 Å². The van der Waals surface area contributed by atoms with Gasteiger partial charge in [0, 0.05) is 11.3 Å². The summed E-state index contributed by atoms with van der Waals surface area (Å²) in [6.07, 6.45) is 0. The van der Waals surface area contributed by atoms with E-state index in [-0.39, 0.29) is 16.7 Å². The Balaban J connectivity index is 1.56. The zero-order valence-electron chi connectivity index (χ0n) is 17.7. The summed E-state index contributed by atoms with van der Waals surface area (Å²) >= 11 is 0. The number of azo groups is 1. The first-order valence-corrected chi connectivity index (χ1v) is 10.2. The van der Waals surface area contributed by atoms with Crippen LogP contribution in [-0.2, 0) is 9.53 Å². The maximum Gasteiger partial charge on any atom is 0.338 e. The van der Waals surface area contributed by atoms with E-state index in [1.165, 1.54) is 4.52 Å². The van der Waals surface area contributed by atoms with Crippen LogP contribution >= 0.6 is 0 Å². The Kier molecular flexibility index (Phi) is 4.82. The molecule has 2 N–H and O–H groups in total. The fourth-order valence-corrected chi connectivity index (χ4v) is 3.72. The number of para-hydroxylation sites is 1. The van der Waals surface area contributed by atoms with Crippen LogP contribution in [0.4, 0.5) is 17.2 Å². The molecular weight excluding hydrogens is 424 g/mol. The molecule has 10 heteroatoms. The van der Waals surface area contributed by atoms with Gasteiger partial charge in [0.2, 0.25) is 0 Å². The highest BCUT2D eigenvalue weighted by Gasteiger charge is 2.27.